The zero-order valence-corrected chi connectivity index (χ0v) is 28.4. The summed E-state index contributed by atoms with van der Waals surface area (Å²) in [7, 11) is 2.24. The molecule has 1 saturated carbocycles. The summed E-state index contributed by atoms with van der Waals surface area (Å²) in [5.74, 6) is 1.18. The van der Waals surface area contributed by atoms with Crippen LogP contribution >= 0.6 is 0 Å². The van der Waals surface area contributed by atoms with Crippen LogP contribution in [0.4, 0.5) is 0 Å². The van der Waals surface area contributed by atoms with E-state index in [1.807, 2.05) is 0 Å². The predicted molar refractivity (Wildman–Crippen MR) is 175 cm³/mol. The fourth-order valence-electron chi connectivity index (χ4n) is 7.27. The molecule has 0 spiro atoms. The SMILES string of the molecule is COc1cc(C)c(S(=O)(=O)N2CCCCC2COC(C)C(=O)NCCCC2CCC(c3ccccc3)(N(C)C)CC2)c(C)c1. The zero-order valence-electron chi connectivity index (χ0n) is 27.6. The number of sulfonamides is 1. The van der Waals surface area contributed by atoms with Gasteiger partial charge in [-0.15, -0.1) is 0 Å². The van der Waals surface area contributed by atoms with E-state index >= 15 is 0 Å². The summed E-state index contributed by atoms with van der Waals surface area (Å²) < 4.78 is 40.5. The molecule has 2 aromatic rings. The summed E-state index contributed by atoms with van der Waals surface area (Å²) in [6.07, 6.45) is 8.54. The van der Waals surface area contributed by atoms with Crippen LogP contribution in [0.1, 0.15) is 81.4 Å². The van der Waals surface area contributed by atoms with E-state index in [-0.39, 0.29) is 24.1 Å². The predicted octanol–water partition coefficient (Wildman–Crippen LogP) is 5.80. The Kier molecular flexibility index (Phi) is 11.9. The third-order valence-corrected chi connectivity index (χ3v) is 12.2. The van der Waals surface area contributed by atoms with Crippen molar-refractivity contribution in [2.24, 2.45) is 5.92 Å². The van der Waals surface area contributed by atoms with E-state index in [0.29, 0.717) is 47.2 Å². The number of rotatable bonds is 13. The fourth-order valence-corrected chi connectivity index (χ4v) is 9.37. The van der Waals surface area contributed by atoms with Crippen molar-refractivity contribution < 1.29 is 22.7 Å². The lowest BCUT2D eigenvalue weighted by Gasteiger charge is -2.45. The van der Waals surface area contributed by atoms with Crippen LogP contribution in [0.15, 0.2) is 47.4 Å². The van der Waals surface area contributed by atoms with Gasteiger partial charge in [-0.3, -0.25) is 9.69 Å². The van der Waals surface area contributed by atoms with Gasteiger partial charge in [0.2, 0.25) is 15.9 Å². The summed E-state index contributed by atoms with van der Waals surface area (Å²) in [6, 6.07) is 14.1. The van der Waals surface area contributed by atoms with Crippen LogP contribution in [0.5, 0.6) is 5.75 Å². The van der Waals surface area contributed by atoms with E-state index in [0.717, 1.165) is 38.5 Å². The van der Waals surface area contributed by atoms with Gasteiger partial charge in [-0.05, 0) is 121 Å². The van der Waals surface area contributed by atoms with Gasteiger partial charge in [0.15, 0.2) is 0 Å². The number of amides is 1. The first-order valence-corrected chi connectivity index (χ1v) is 17.7. The third-order valence-electron chi connectivity index (χ3n) is 9.91. The van der Waals surface area contributed by atoms with Crippen LogP contribution in [0.3, 0.4) is 0 Å². The Bertz CT molecular complexity index is 1320. The van der Waals surface area contributed by atoms with Gasteiger partial charge in [-0.2, -0.15) is 4.31 Å². The highest BCUT2D eigenvalue weighted by Crippen LogP contribution is 2.44. The Labute approximate surface area is 265 Å². The first-order chi connectivity index (χ1) is 21.0. The first-order valence-electron chi connectivity index (χ1n) is 16.3. The first kappa shape index (κ1) is 34.4. The second kappa shape index (κ2) is 15.2. The fraction of sp³-hybridized carbons (Fsp3) is 0.629. The lowest BCUT2D eigenvalue weighted by molar-refractivity contribution is -0.132. The van der Waals surface area contributed by atoms with Crippen LogP contribution in [-0.4, -0.2) is 76.6 Å². The van der Waals surface area contributed by atoms with Crippen molar-refractivity contribution in [3.8, 4) is 5.75 Å². The molecule has 0 aromatic heterocycles. The summed E-state index contributed by atoms with van der Waals surface area (Å²) in [4.78, 5) is 15.6. The number of nitrogens with zero attached hydrogens (tertiary/aromatic N) is 2. The minimum Gasteiger partial charge on any atom is -0.497 e. The number of methoxy groups -OCH3 is 1. The van der Waals surface area contributed by atoms with Gasteiger partial charge < -0.3 is 14.8 Å². The summed E-state index contributed by atoms with van der Waals surface area (Å²) in [5.41, 5.74) is 2.85. The summed E-state index contributed by atoms with van der Waals surface area (Å²) >= 11 is 0. The number of piperidine rings is 1. The van der Waals surface area contributed by atoms with E-state index in [1.165, 1.54) is 18.4 Å². The quantitative estimate of drug-likeness (QED) is 0.283. The number of hydrogen-bond acceptors (Lipinski definition) is 6. The average molecular weight is 628 g/mol. The van der Waals surface area contributed by atoms with Crippen molar-refractivity contribution >= 4 is 15.9 Å². The van der Waals surface area contributed by atoms with Crippen molar-refractivity contribution in [2.45, 2.75) is 101 Å². The molecule has 2 atom stereocenters. The minimum atomic E-state index is -3.73. The largest absolute Gasteiger partial charge is 0.497 e. The Morgan fingerprint density at radius 3 is 2.34 bits per heavy atom. The third kappa shape index (κ3) is 7.84. The maximum absolute atomic E-state index is 13.8. The van der Waals surface area contributed by atoms with Gasteiger partial charge in [-0.25, -0.2) is 8.42 Å². The monoisotopic (exact) mass is 627 g/mol. The highest BCUT2D eigenvalue weighted by molar-refractivity contribution is 7.89. The zero-order chi connectivity index (χ0) is 31.9. The Hall–Kier alpha value is -2.46. The van der Waals surface area contributed by atoms with Gasteiger partial charge in [0.25, 0.3) is 0 Å². The van der Waals surface area contributed by atoms with Gasteiger partial charge in [0.05, 0.1) is 18.6 Å². The molecule has 0 radical (unpaired) electrons. The molecule has 2 aliphatic rings. The number of carbonyl (C=O) groups excluding carboxylic acids is 1. The Morgan fingerprint density at radius 1 is 1.07 bits per heavy atom. The molecule has 4 rings (SSSR count). The maximum atomic E-state index is 13.8. The van der Waals surface area contributed by atoms with Crippen LogP contribution in [0, 0.1) is 19.8 Å². The molecular formula is C35H53N3O5S. The lowest BCUT2D eigenvalue weighted by atomic mass is 9.71. The van der Waals surface area contributed by atoms with Gasteiger partial charge >= 0.3 is 0 Å². The number of benzene rings is 2. The minimum absolute atomic E-state index is 0.109. The van der Waals surface area contributed by atoms with Crippen molar-refractivity contribution in [1.82, 2.24) is 14.5 Å². The van der Waals surface area contributed by atoms with E-state index in [9.17, 15) is 13.2 Å². The molecule has 2 unspecified atom stereocenters. The van der Waals surface area contributed by atoms with Crippen LogP contribution in [0.25, 0.3) is 0 Å². The molecule has 1 aliphatic heterocycles. The number of carbonyl (C=O) groups is 1. The topological polar surface area (TPSA) is 88.2 Å². The molecule has 2 aromatic carbocycles. The lowest BCUT2D eigenvalue weighted by Crippen LogP contribution is -2.47. The molecule has 2 fully saturated rings. The van der Waals surface area contributed by atoms with Crippen molar-refractivity contribution in [3.63, 3.8) is 0 Å². The molecule has 1 N–H and O–H groups in total. The number of ether oxygens (including phenoxy) is 2. The number of hydrogen-bond donors (Lipinski definition) is 1. The van der Waals surface area contributed by atoms with Gasteiger partial charge in [-0.1, -0.05) is 36.8 Å². The Balaban J connectivity index is 1.23. The van der Waals surface area contributed by atoms with Crippen LogP contribution < -0.4 is 10.1 Å². The number of nitrogens with one attached hydrogen (secondary N) is 1. The normalized spacial score (nSPS) is 23.8. The summed E-state index contributed by atoms with van der Waals surface area (Å²) in [6.45, 7) is 6.63. The molecule has 0 bridgehead atoms. The van der Waals surface area contributed by atoms with E-state index in [2.05, 4.69) is 54.6 Å². The number of aryl methyl sites for hydroxylation is 2. The van der Waals surface area contributed by atoms with Gasteiger partial charge in [0.1, 0.15) is 11.9 Å². The summed E-state index contributed by atoms with van der Waals surface area (Å²) in [5, 5.41) is 3.05. The highest BCUT2D eigenvalue weighted by atomic mass is 32.2. The van der Waals surface area contributed by atoms with Crippen molar-refractivity contribution in [3.05, 3.63) is 59.2 Å². The second-order valence-corrected chi connectivity index (χ2v) is 14.8. The molecule has 1 aliphatic carbocycles. The standard InChI is InChI=1S/C35H53N3O5S/c1-26-23-32(42-6)24-27(2)33(26)44(40,41)38-22-11-10-16-31(38)25-43-28(3)34(39)36-21-12-13-29-17-19-35(20-18-29,37(4)5)30-14-8-7-9-15-30/h7-9,14-15,23-24,28-29,31H,10-13,16-22,25H2,1-6H3,(H,36,39). The molecular weight excluding hydrogens is 574 g/mol. The van der Waals surface area contributed by atoms with Gasteiger partial charge in [0, 0.05) is 24.7 Å². The smallest absolute Gasteiger partial charge is 0.248 e. The highest BCUT2D eigenvalue weighted by Gasteiger charge is 2.39. The van der Waals surface area contributed by atoms with E-state index in [4.69, 9.17) is 9.47 Å². The maximum Gasteiger partial charge on any atom is 0.248 e. The van der Waals surface area contributed by atoms with E-state index in [1.54, 1.807) is 44.3 Å². The molecule has 8 nitrogen and oxygen atoms in total. The molecule has 244 valence electrons. The van der Waals surface area contributed by atoms with Crippen LogP contribution in [0.2, 0.25) is 0 Å². The molecule has 9 heteroatoms. The van der Waals surface area contributed by atoms with Crippen molar-refractivity contribution in [1.29, 1.82) is 0 Å². The molecule has 1 saturated heterocycles. The Morgan fingerprint density at radius 2 is 1.73 bits per heavy atom. The average Bonchev–Trinajstić information content (AvgIpc) is 3.02. The van der Waals surface area contributed by atoms with Crippen molar-refractivity contribution in [2.75, 3.05) is 40.9 Å². The molecule has 44 heavy (non-hydrogen) atoms. The molecule has 1 amide bonds. The van der Waals surface area contributed by atoms with E-state index < -0.39 is 16.1 Å². The van der Waals surface area contributed by atoms with Crippen LogP contribution in [-0.2, 0) is 25.1 Å². The second-order valence-electron chi connectivity index (χ2n) is 13.0. The molecule has 1 heterocycles.